The lowest BCUT2D eigenvalue weighted by Crippen LogP contribution is -2.34. The standard InChI is InChI=1S/C12H16INO3/c1-3-17-12(15)10(14)7-8-4-5-11(16-2)9(13)6-8/h4-6,10H,3,7,14H2,1-2H3. The molecule has 1 rings (SSSR count). The molecule has 0 aliphatic carbocycles. The molecule has 0 heterocycles. The number of carbonyl (C=O) groups is 1. The molecule has 94 valence electrons. The van der Waals surface area contributed by atoms with E-state index in [2.05, 4.69) is 22.6 Å². The van der Waals surface area contributed by atoms with Gasteiger partial charge in [0.25, 0.3) is 0 Å². The highest BCUT2D eigenvalue weighted by molar-refractivity contribution is 14.1. The van der Waals surface area contributed by atoms with E-state index in [0.717, 1.165) is 14.9 Å². The molecule has 5 heteroatoms. The summed E-state index contributed by atoms with van der Waals surface area (Å²) >= 11 is 2.18. The topological polar surface area (TPSA) is 61.5 Å². The first-order chi connectivity index (χ1) is 8.08. The molecule has 1 aromatic rings. The van der Waals surface area contributed by atoms with Gasteiger partial charge in [0.05, 0.1) is 17.3 Å². The van der Waals surface area contributed by atoms with Crippen molar-refractivity contribution in [3.8, 4) is 5.75 Å². The van der Waals surface area contributed by atoms with Gasteiger partial charge in [-0.3, -0.25) is 4.79 Å². The Kier molecular flexibility index (Phi) is 5.70. The van der Waals surface area contributed by atoms with Crippen LogP contribution in [-0.2, 0) is 16.0 Å². The number of hydrogen-bond acceptors (Lipinski definition) is 4. The van der Waals surface area contributed by atoms with Gasteiger partial charge in [-0.1, -0.05) is 6.07 Å². The maximum Gasteiger partial charge on any atom is 0.323 e. The van der Waals surface area contributed by atoms with E-state index in [4.69, 9.17) is 15.2 Å². The second-order valence-electron chi connectivity index (χ2n) is 3.53. The Balaban J connectivity index is 2.68. The molecule has 0 saturated carbocycles. The summed E-state index contributed by atoms with van der Waals surface area (Å²) in [4.78, 5) is 11.4. The maximum absolute atomic E-state index is 11.4. The molecule has 4 nitrogen and oxygen atoms in total. The van der Waals surface area contributed by atoms with Crippen molar-refractivity contribution in [2.75, 3.05) is 13.7 Å². The SMILES string of the molecule is CCOC(=O)C(N)Cc1ccc(OC)c(I)c1. The van der Waals surface area contributed by atoms with Gasteiger partial charge in [0, 0.05) is 0 Å². The molecule has 0 fully saturated rings. The number of ether oxygens (including phenoxy) is 2. The first-order valence-electron chi connectivity index (χ1n) is 5.33. The lowest BCUT2D eigenvalue weighted by Gasteiger charge is -2.11. The quantitative estimate of drug-likeness (QED) is 0.650. The van der Waals surface area contributed by atoms with E-state index in [0.29, 0.717) is 13.0 Å². The number of nitrogens with two attached hydrogens (primary N) is 1. The molecule has 1 aromatic carbocycles. The van der Waals surface area contributed by atoms with E-state index >= 15 is 0 Å². The molecule has 17 heavy (non-hydrogen) atoms. The second-order valence-corrected chi connectivity index (χ2v) is 4.69. The summed E-state index contributed by atoms with van der Waals surface area (Å²) in [6.07, 6.45) is 0.471. The minimum absolute atomic E-state index is 0.354. The van der Waals surface area contributed by atoms with Crippen molar-refractivity contribution in [1.82, 2.24) is 0 Å². The second kappa shape index (κ2) is 6.80. The van der Waals surface area contributed by atoms with Crippen LogP contribution in [0.3, 0.4) is 0 Å². The van der Waals surface area contributed by atoms with Gasteiger partial charge in [0.1, 0.15) is 11.8 Å². The molecule has 0 saturated heterocycles. The van der Waals surface area contributed by atoms with E-state index in [1.807, 2.05) is 18.2 Å². The van der Waals surface area contributed by atoms with Crippen molar-refractivity contribution in [2.24, 2.45) is 5.73 Å². The molecule has 0 aliphatic rings. The van der Waals surface area contributed by atoms with Crippen molar-refractivity contribution in [1.29, 1.82) is 0 Å². The summed E-state index contributed by atoms with van der Waals surface area (Å²) in [5.41, 5.74) is 6.74. The highest BCUT2D eigenvalue weighted by Gasteiger charge is 2.15. The zero-order valence-corrected chi connectivity index (χ0v) is 12.1. The number of esters is 1. The Morgan fingerprint density at radius 2 is 2.24 bits per heavy atom. The number of hydrogen-bond donors (Lipinski definition) is 1. The van der Waals surface area contributed by atoms with Gasteiger partial charge in [-0.05, 0) is 53.6 Å². The molecule has 0 aromatic heterocycles. The Morgan fingerprint density at radius 1 is 1.53 bits per heavy atom. The van der Waals surface area contributed by atoms with Crippen LogP contribution in [0.15, 0.2) is 18.2 Å². The van der Waals surface area contributed by atoms with Crippen LogP contribution in [-0.4, -0.2) is 25.7 Å². The third-order valence-electron chi connectivity index (χ3n) is 2.26. The van der Waals surface area contributed by atoms with E-state index in [9.17, 15) is 4.79 Å². The summed E-state index contributed by atoms with van der Waals surface area (Å²) in [6.45, 7) is 2.12. The maximum atomic E-state index is 11.4. The van der Waals surface area contributed by atoms with Crippen molar-refractivity contribution < 1.29 is 14.3 Å². The molecule has 0 aliphatic heterocycles. The van der Waals surface area contributed by atoms with E-state index in [-0.39, 0.29) is 5.97 Å². The van der Waals surface area contributed by atoms with Gasteiger partial charge < -0.3 is 15.2 Å². The molecule has 2 N–H and O–H groups in total. The fourth-order valence-corrected chi connectivity index (χ4v) is 2.22. The van der Waals surface area contributed by atoms with Gasteiger partial charge in [0.15, 0.2) is 0 Å². The summed E-state index contributed by atoms with van der Waals surface area (Å²) in [6, 6.07) is 5.12. The van der Waals surface area contributed by atoms with Crippen molar-refractivity contribution in [3.63, 3.8) is 0 Å². The first kappa shape index (κ1) is 14.2. The Morgan fingerprint density at radius 3 is 2.76 bits per heavy atom. The Bertz CT molecular complexity index is 395. The lowest BCUT2D eigenvalue weighted by molar-refractivity contribution is -0.144. The zero-order valence-electron chi connectivity index (χ0n) is 9.90. The van der Waals surface area contributed by atoms with Gasteiger partial charge >= 0.3 is 5.97 Å². The molecular weight excluding hydrogens is 333 g/mol. The van der Waals surface area contributed by atoms with E-state index in [1.165, 1.54) is 0 Å². The lowest BCUT2D eigenvalue weighted by atomic mass is 10.1. The van der Waals surface area contributed by atoms with Gasteiger partial charge in [-0.15, -0.1) is 0 Å². The summed E-state index contributed by atoms with van der Waals surface area (Å²) < 4.78 is 11.0. The van der Waals surface area contributed by atoms with Crippen LogP contribution >= 0.6 is 22.6 Å². The fourth-order valence-electron chi connectivity index (χ4n) is 1.42. The summed E-state index contributed by atoms with van der Waals surface area (Å²) in [7, 11) is 1.63. The minimum Gasteiger partial charge on any atom is -0.496 e. The summed E-state index contributed by atoms with van der Waals surface area (Å²) in [5, 5.41) is 0. The Labute approximate surface area is 115 Å². The molecule has 0 spiro atoms. The van der Waals surface area contributed by atoms with Crippen LogP contribution in [0.4, 0.5) is 0 Å². The van der Waals surface area contributed by atoms with Crippen LogP contribution in [0.5, 0.6) is 5.75 Å². The largest absolute Gasteiger partial charge is 0.496 e. The average molecular weight is 349 g/mol. The first-order valence-corrected chi connectivity index (χ1v) is 6.41. The van der Waals surface area contributed by atoms with Crippen molar-refractivity contribution in [3.05, 3.63) is 27.3 Å². The van der Waals surface area contributed by atoms with Crippen LogP contribution in [0, 0.1) is 3.57 Å². The third kappa shape index (κ3) is 4.16. The predicted molar refractivity (Wildman–Crippen MR) is 74.0 cm³/mol. The molecule has 0 bridgehead atoms. The zero-order chi connectivity index (χ0) is 12.8. The van der Waals surface area contributed by atoms with Crippen LogP contribution in [0.1, 0.15) is 12.5 Å². The smallest absolute Gasteiger partial charge is 0.323 e. The number of halogens is 1. The highest BCUT2D eigenvalue weighted by Crippen LogP contribution is 2.22. The fraction of sp³-hybridized carbons (Fsp3) is 0.417. The highest BCUT2D eigenvalue weighted by atomic mass is 127. The number of methoxy groups -OCH3 is 1. The Hall–Kier alpha value is -0.820. The number of benzene rings is 1. The van der Waals surface area contributed by atoms with Gasteiger partial charge in [0.2, 0.25) is 0 Å². The van der Waals surface area contributed by atoms with Crippen LogP contribution < -0.4 is 10.5 Å². The normalized spacial score (nSPS) is 12.0. The van der Waals surface area contributed by atoms with E-state index < -0.39 is 6.04 Å². The van der Waals surface area contributed by atoms with Gasteiger partial charge in [-0.2, -0.15) is 0 Å². The van der Waals surface area contributed by atoms with Crippen molar-refractivity contribution >= 4 is 28.6 Å². The summed E-state index contributed by atoms with van der Waals surface area (Å²) in [5.74, 6) is 0.456. The van der Waals surface area contributed by atoms with E-state index in [1.54, 1.807) is 14.0 Å². The molecular formula is C12H16INO3. The number of rotatable bonds is 5. The minimum atomic E-state index is -0.612. The predicted octanol–water partition coefficient (Wildman–Crippen LogP) is 1.73. The molecule has 1 unspecified atom stereocenters. The van der Waals surface area contributed by atoms with Crippen LogP contribution in [0.2, 0.25) is 0 Å². The third-order valence-corrected chi connectivity index (χ3v) is 3.10. The number of carbonyl (C=O) groups excluding carboxylic acids is 1. The molecule has 0 radical (unpaired) electrons. The van der Waals surface area contributed by atoms with Crippen LogP contribution in [0.25, 0.3) is 0 Å². The van der Waals surface area contributed by atoms with Gasteiger partial charge in [-0.25, -0.2) is 0 Å². The monoisotopic (exact) mass is 349 g/mol. The molecule has 0 amide bonds. The molecule has 1 atom stereocenters. The van der Waals surface area contributed by atoms with Crippen molar-refractivity contribution in [2.45, 2.75) is 19.4 Å². The average Bonchev–Trinajstić information content (AvgIpc) is 2.29.